The number of halogens is 1. The smallest absolute Gasteiger partial charge is 0.141 e. The molecule has 13 heavy (non-hydrogen) atoms. The van der Waals surface area contributed by atoms with Crippen LogP contribution < -0.4 is 0 Å². The van der Waals surface area contributed by atoms with Gasteiger partial charge < -0.3 is 4.52 Å². The van der Waals surface area contributed by atoms with Gasteiger partial charge in [-0.1, -0.05) is 35.0 Å². The van der Waals surface area contributed by atoms with Gasteiger partial charge in [0.05, 0.1) is 6.20 Å². The fourth-order valence-corrected chi connectivity index (χ4v) is 1.47. The van der Waals surface area contributed by atoms with Crippen LogP contribution in [0.15, 0.2) is 35.0 Å². The summed E-state index contributed by atoms with van der Waals surface area (Å²) in [6.45, 7) is 1.87. The molecule has 1 heterocycles. The average molecular weight is 194 g/mol. The average Bonchev–Trinajstić information content (AvgIpc) is 2.52. The van der Waals surface area contributed by atoms with E-state index in [0.29, 0.717) is 5.02 Å². The number of aromatic nitrogens is 1. The topological polar surface area (TPSA) is 26.0 Å². The van der Waals surface area contributed by atoms with E-state index in [1.165, 1.54) is 0 Å². The predicted octanol–water partition coefficient (Wildman–Crippen LogP) is 3.30. The van der Waals surface area contributed by atoms with E-state index >= 15 is 0 Å². The highest BCUT2D eigenvalue weighted by Gasteiger charge is 2.08. The Labute approximate surface area is 81.1 Å². The van der Waals surface area contributed by atoms with Gasteiger partial charge in [-0.3, -0.25) is 0 Å². The van der Waals surface area contributed by atoms with Gasteiger partial charge in [0, 0.05) is 16.1 Å². The number of benzene rings is 1. The first kappa shape index (κ1) is 8.32. The first-order chi connectivity index (χ1) is 6.29. The lowest BCUT2D eigenvalue weighted by Gasteiger charge is -1.99. The molecule has 0 radical (unpaired) electrons. The predicted molar refractivity (Wildman–Crippen MR) is 51.7 cm³/mol. The summed E-state index contributed by atoms with van der Waals surface area (Å²) in [5.41, 5.74) is 1.91. The molecule has 66 valence electrons. The standard InChI is InChI=1S/C10H8ClNO/c1-7-9(6-12-13-7)8-4-2-3-5-10(8)11/h2-6H,1H3. The molecule has 0 saturated carbocycles. The van der Waals surface area contributed by atoms with E-state index in [1.807, 2.05) is 31.2 Å². The zero-order valence-electron chi connectivity index (χ0n) is 7.12. The van der Waals surface area contributed by atoms with E-state index in [9.17, 15) is 0 Å². The van der Waals surface area contributed by atoms with Crippen LogP contribution in [0.1, 0.15) is 5.76 Å². The summed E-state index contributed by atoms with van der Waals surface area (Å²) in [5.74, 6) is 0.785. The van der Waals surface area contributed by atoms with Crippen LogP contribution in [-0.4, -0.2) is 5.16 Å². The largest absolute Gasteiger partial charge is 0.361 e. The third-order valence-electron chi connectivity index (χ3n) is 1.91. The molecule has 1 aromatic heterocycles. The van der Waals surface area contributed by atoms with E-state index in [2.05, 4.69) is 5.16 Å². The molecule has 2 rings (SSSR count). The van der Waals surface area contributed by atoms with Gasteiger partial charge in [0.2, 0.25) is 0 Å². The molecule has 0 aliphatic carbocycles. The monoisotopic (exact) mass is 193 g/mol. The van der Waals surface area contributed by atoms with Crippen LogP contribution in [0.5, 0.6) is 0 Å². The Bertz CT molecular complexity index is 422. The third kappa shape index (κ3) is 1.45. The van der Waals surface area contributed by atoms with E-state index < -0.39 is 0 Å². The molecule has 0 atom stereocenters. The van der Waals surface area contributed by atoms with Gasteiger partial charge in [-0.15, -0.1) is 0 Å². The van der Waals surface area contributed by atoms with Gasteiger partial charge in [-0.2, -0.15) is 0 Å². The molecule has 0 spiro atoms. The van der Waals surface area contributed by atoms with Crippen molar-refractivity contribution in [2.75, 3.05) is 0 Å². The minimum atomic E-state index is 0.716. The van der Waals surface area contributed by atoms with Crippen LogP contribution in [-0.2, 0) is 0 Å². The van der Waals surface area contributed by atoms with Crippen molar-refractivity contribution in [1.82, 2.24) is 5.16 Å². The molecule has 0 amide bonds. The Hall–Kier alpha value is -1.28. The Kier molecular flexibility index (Phi) is 2.07. The van der Waals surface area contributed by atoms with Gasteiger partial charge in [0.25, 0.3) is 0 Å². The Morgan fingerprint density at radius 2 is 2.00 bits per heavy atom. The molecule has 2 nitrogen and oxygen atoms in total. The molecule has 0 bridgehead atoms. The fourth-order valence-electron chi connectivity index (χ4n) is 1.24. The van der Waals surface area contributed by atoms with Crippen LogP contribution in [0.4, 0.5) is 0 Å². The van der Waals surface area contributed by atoms with Crippen LogP contribution >= 0.6 is 11.6 Å². The van der Waals surface area contributed by atoms with Crippen molar-refractivity contribution in [3.63, 3.8) is 0 Å². The van der Waals surface area contributed by atoms with E-state index in [0.717, 1.165) is 16.9 Å². The van der Waals surface area contributed by atoms with E-state index in [1.54, 1.807) is 6.20 Å². The summed E-state index contributed by atoms with van der Waals surface area (Å²) in [6.07, 6.45) is 1.68. The molecule has 0 aliphatic heterocycles. The highest BCUT2D eigenvalue weighted by molar-refractivity contribution is 6.33. The van der Waals surface area contributed by atoms with Gasteiger partial charge in [-0.05, 0) is 13.0 Å². The normalized spacial score (nSPS) is 10.3. The highest BCUT2D eigenvalue weighted by Crippen LogP contribution is 2.29. The minimum Gasteiger partial charge on any atom is -0.361 e. The van der Waals surface area contributed by atoms with Gasteiger partial charge in [0.15, 0.2) is 0 Å². The number of nitrogens with zero attached hydrogens (tertiary/aromatic N) is 1. The lowest BCUT2D eigenvalue weighted by atomic mass is 10.1. The molecule has 0 unspecified atom stereocenters. The first-order valence-electron chi connectivity index (χ1n) is 3.95. The Balaban J connectivity index is 2.59. The van der Waals surface area contributed by atoms with Crippen molar-refractivity contribution in [2.45, 2.75) is 6.92 Å². The second kappa shape index (κ2) is 3.23. The first-order valence-corrected chi connectivity index (χ1v) is 4.33. The van der Waals surface area contributed by atoms with E-state index in [-0.39, 0.29) is 0 Å². The maximum absolute atomic E-state index is 6.02. The van der Waals surface area contributed by atoms with Gasteiger partial charge in [-0.25, -0.2) is 0 Å². The molecule has 0 saturated heterocycles. The summed E-state index contributed by atoms with van der Waals surface area (Å²) in [7, 11) is 0. The number of rotatable bonds is 1. The van der Waals surface area contributed by atoms with Crippen molar-refractivity contribution in [3.05, 3.63) is 41.2 Å². The van der Waals surface area contributed by atoms with Crippen molar-refractivity contribution in [2.24, 2.45) is 0 Å². The lowest BCUT2D eigenvalue weighted by molar-refractivity contribution is 0.398. The highest BCUT2D eigenvalue weighted by atomic mass is 35.5. The summed E-state index contributed by atoms with van der Waals surface area (Å²) in [4.78, 5) is 0. The molecule has 0 N–H and O–H groups in total. The van der Waals surface area contributed by atoms with Crippen LogP contribution in [0.3, 0.4) is 0 Å². The van der Waals surface area contributed by atoms with Crippen molar-refractivity contribution < 1.29 is 4.52 Å². The summed E-state index contributed by atoms with van der Waals surface area (Å²) in [5, 5.41) is 4.42. The van der Waals surface area contributed by atoms with E-state index in [4.69, 9.17) is 16.1 Å². The maximum Gasteiger partial charge on any atom is 0.141 e. The number of hydrogen-bond acceptors (Lipinski definition) is 2. The van der Waals surface area contributed by atoms with Gasteiger partial charge >= 0.3 is 0 Å². The summed E-state index contributed by atoms with van der Waals surface area (Å²) < 4.78 is 4.97. The lowest BCUT2D eigenvalue weighted by Crippen LogP contribution is -1.77. The number of hydrogen-bond donors (Lipinski definition) is 0. The zero-order valence-corrected chi connectivity index (χ0v) is 7.88. The maximum atomic E-state index is 6.02. The van der Waals surface area contributed by atoms with Crippen LogP contribution in [0, 0.1) is 6.92 Å². The summed E-state index contributed by atoms with van der Waals surface area (Å²) in [6, 6.07) is 7.63. The Morgan fingerprint density at radius 3 is 2.62 bits per heavy atom. The second-order valence-corrected chi connectivity index (χ2v) is 3.18. The molecular formula is C10H8ClNO. The molecule has 1 aromatic carbocycles. The quantitative estimate of drug-likeness (QED) is 0.695. The SMILES string of the molecule is Cc1oncc1-c1ccccc1Cl. The van der Waals surface area contributed by atoms with Crippen LogP contribution in [0.2, 0.25) is 5.02 Å². The van der Waals surface area contributed by atoms with Gasteiger partial charge in [0.1, 0.15) is 5.76 Å². The Morgan fingerprint density at radius 1 is 1.23 bits per heavy atom. The summed E-state index contributed by atoms with van der Waals surface area (Å²) >= 11 is 6.02. The minimum absolute atomic E-state index is 0.716. The van der Waals surface area contributed by atoms with Crippen molar-refractivity contribution in [1.29, 1.82) is 0 Å². The molecule has 0 fully saturated rings. The molecule has 0 aliphatic rings. The molecule has 2 aromatic rings. The van der Waals surface area contributed by atoms with Crippen LogP contribution in [0.25, 0.3) is 11.1 Å². The number of aryl methyl sites for hydroxylation is 1. The van der Waals surface area contributed by atoms with Crippen molar-refractivity contribution >= 4 is 11.6 Å². The fraction of sp³-hybridized carbons (Fsp3) is 0.100. The second-order valence-electron chi connectivity index (χ2n) is 2.78. The third-order valence-corrected chi connectivity index (χ3v) is 2.24. The van der Waals surface area contributed by atoms with Crippen molar-refractivity contribution in [3.8, 4) is 11.1 Å². The zero-order chi connectivity index (χ0) is 9.26. The molecular weight excluding hydrogens is 186 g/mol. The molecule has 3 heteroatoms.